The fourth-order valence-corrected chi connectivity index (χ4v) is 17.5. The number of hydrogen-bond donors (Lipinski definition) is 0. The molecule has 0 fully saturated rings. The Hall–Kier alpha value is -14.1. The number of para-hydroxylation sites is 6. The number of imidazole rings is 1. The number of rotatable bonds is 14. The fourth-order valence-electron chi connectivity index (χ4n) is 17.5. The van der Waals surface area contributed by atoms with Gasteiger partial charge in [0.1, 0.15) is 5.65 Å². The van der Waals surface area contributed by atoms with Gasteiger partial charge in [-0.1, -0.05) is 236 Å². The maximum Gasteiger partial charge on any atom is 0.268 e. The van der Waals surface area contributed by atoms with Gasteiger partial charge in [-0.15, -0.1) is 30.3 Å². The van der Waals surface area contributed by atoms with Crippen LogP contribution in [0.1, 0.15) is 0 Å². The van der Waals surface area contributed by atoms with Crippen LogP contribution in [0.2, 0.25) is 0 Å². The van der Waals surface area contributed by atoms with Crippen LogP contribution >= 0.6 is 0 Å². The Morgan fingerprint density at radius 1 is 0.321 bits per heavy atom. The first kappa shape index (κ1) is 66.1. The van der Waals surface area contributed by atoms with Crippen molar-refractivity contribution in [3.8, 4) is 95.3 Å². The Morgan fingerprint density at radius 3 is 1.24 bits per heavy atom. The van der Waals surface area contributed by atoms with Crippen molar-refractivity contribution in [2.24, 2.45) is 0 Å². The molecule has 16 aromatic carbocycles. The van der Waals surface area contributed by atoms with Gasteiger partial charge in [0.15, 0.2) is 0 Å². The van der Waals surface area contributed by atoms with E-state index in [0.29, 0.717) is 11.5 Å². The number of pyridine rings is 1. The quantitative estimate of drug-likeness (QED) is 0.0617. The molecular formula is C102H64BN7OPt-2. The number of anilines is 9. The minimum atomic E-state index is -0.115. The zero-order valence-corrected chi connectivity index (χ0v) is 62.7. The number of fused-ring (bicyclic) bond motifs is 5. The number of aromatic nitrogens is 4. The number of hydrogen-bond acceptors (Lipinski definition) is 5. The van der Waals surface area contributed by atoms with Crippen LogP contribution in [0.25, 0.3) is 117 Å². The molecule has 0 unspecified atom stereocenters. The number of ether oxygens (including phenoxy) is 1. The molecule has 8 nitrogen and oxygen atoms in total. The van der Waals surface area contributed by atoms with E-state index in [2.05, 4.69) is 411 Å². The summed E-state index contributed by atoms with van der Waals surface area (Å²) in [5.74, 6) is 1.04. The third-order valence-electron chi connectivity index (χ3n) is 22.2. The smallest absolute Gasteiger partial charge is 0.268 e. The molecule has 3 aliphatic heterocycles. The number of nitrogens with zero attached hydrogens (tertiary/aromatic N) is 7. The molecule has 19 aromatic rings. The van der Waals surface area contributed by atoms with Crippen molar-refractivity contribution in [3.63, 3.8) is 0 Å². The van der Waals surface area contributed by atoms with Gasteiger partial charge in [0.05, 0.1) is 27.9 Å². The van der Waals surface area contributed by atoms with Crippen molar-refractivity contribution in [1.29, 1.82) is 0 Å². The van der Waals surface area contributed by atoms with Gasteiger partial charge in [-0.2, -0.15) is 18.2 Å². The van der Waals surface area contributed by atoms with E-state index in [0.717, 1.165) is 168 Å². The summed E-state index contributed by atoms with van der Waals surface area (Å²) < 4.78 is 13.8. The van der Waals surface area contributed by atoms with Gasteiger partial charge >= 0.3 is 0 Å². The normalized spacial score (nSPS) is 12.3. The largest absolute Gasteiger partial charge is 0.510 e. The Morgan fingerprint density at radius 2 is 0.732 bits per heavy atom. The molecule has 10 heteroatoms. The molecule has 0 amide bonds. The fraction of sp³-hybridized carbons (Fsp3) is 0. The van der Waals surface area contributed by atoms with Crippen LogP contribution in [0.4, 0.5) is 51.2 Å². The molecule has 0 aliphatic carbocycles. The van der Waals surface area contributed by atoms with Gasteiger partial charge in [-0.05, 0) is 204 Å². The summed E-state index contributed by atoms with van der Waals surface area (Å²) in [5, 5.41) is 2.12. The van der Waals surface area contributed by atoms with Crippen LogP contribution in [0.5, 0.6) is 11.5 Å². The van der Waals surface area contributed by atoms with E-state index < -0.39 is 0 Å². The molecule has 0 atom stereocenters. The monoisotopic (exact) mass is 1610 g/mol. The first-order valence-electron chi connectivity index (χ1n) is 37.7. The third-order valence-corrected chi connectivity index (χ3v) is 22.2. The first-order chi connectivity index (χ1) is 55.1. The maximum absolute atomic E-state index is 7.10. The first-order valence-corrected chi connectivity index (χ1v) is 37.7. The molecule has 0 bridgehead atoms. The minimum absolute atomic E-state index is 0. The summed E-state index contributed by atoms with van der Waals surface area (Å²) >= 11 is 0. The van der Waals surface area contributed by atoms with Crippen molar-refractivity contribution < 1.29 is 30.4 Å². The van der Waals surface area contributed by atoms with Crippen LogP contribution in [-0.2, 0) is 21.1 Å². The van der Waals surface area contributed by atoms with Gasteiger partial charge in [-0.3, -0.25) is 4.57 Å². The van der Waals surface area contributed by atoms with E-state index in [1.807, 2.05) is 24.4 Å². The molecule has 6 heterocycles. The van der Waals surface area contributed by atoms with Crippen molar-refractivity contribution in [2.45, 2.75) is 0 Å². The maximum atomic E-state index is 7.10. The van der Waals surface area contributed by atoms with Crippen LogP contribution in [0.15, 0.2) is 388 Å². The average Bonchev–Trinajstić information content (AvgIpc) is 1.02. The van der Waals surface area contributed by atoms with E-state index in [-0.39, 0.29) is 27.8 Å². The molecule has 3 aliphatic rings. The molecule has 112 heavy (non-hydrogen) atoms. The molecule has 3 aromatic heterocycles. The molecule has 0 spiro atoms. The van der Waals surface area contributed by atoms with Crippen LogP contribution < -0.4 is 40.4 Å². The van der Waals surface area contributed by atoms with Crippen LogP contribution in [0.3, 0.4) is 0 Å². The molecule has 0 saturated heterocycles. The second kappa shape index (κ2) is 27.2. The van der Waals surface area contributed by atoms with Gasteiger partial charge < -0.3 is 28.6 Å². The van der Waals surface area contributed by atoms with E-state index in [9.17, 15) is 0 Å². The average molecular weight is 1610 g/mol. The van der Waals surface area contributed by atoms with E-state index in [1.165, 1.54) is 16.4 Å². The van der Waals surface area contributed by atoms with E-state index in [4.69, 9.17) is 9.72 Å². The number of benzene rings is 16. The summed E-state index contributed by atoms with van der Waals surface area (Å²) in [5.41, 5.74) is 33.3. The van der Waals surface area contributed by atoms with Gasteiger partial charge in [0, 0.05) is 95.0 Å². The topological polar surface area (TPSA) is 45.6 Å². The molecule has 0 radical (unpaired) electrons. The van der Waals surface area contributed by atoms with Crippen molar-refractivity contribution in [2.75, 3.05) is 14.7 Å². The van der Waals surface area contributed by atoms with E-state index >= 15 is 0 Å². The molecule has 0 N–H and O–H groups in total. The second-order valence-corrected chi connectivity index (χ2v) is 28.6. The van der Waals surface area contributed by atoms with Crippen molar-refractivity contribution >= 4 is 107 Å². The molecule has 528 valence electrons. The van der Waals surface area contributed by atoms with Gasteiger partial charge in [-0.25, -0.2) is 4.98 Å². The summed E-state index contributed by atoms with van der Waals surface area (Å²) in [6, 6.07) is 145. The SMILES string of the molecule is [Pt].[c-]1c(Oc2[c-]c(-n3c4cc5c6c(c4c4cccnc43)N(c3ccccc3)c3cccc4c3B6c3c(cccc3N5c3ccccc3)N4c3ccccc3)ccc2)cccc1-n1[c-][n+](-c2c(-c3cc(-c4ccccc4)cc(-c4ccccc4)c3)cccc2-c2cc(-c3ccccc3)cc(-c3ccccc3)c2)c2ccccc21. The zero-order chi connectivity index (χ0) is 73.0. The second-order valence-electron chi connectivity index (χ2n) is 28.6. The summed E-state index contributed by atoms with van der Waals surface area (Å²) in [7, 11) is 0. The van der Waals surface area contributed by atoms with Gasteiger partial charge in [0.2, 0.25) is 0 Å². The predicted octanol–water partition coefficient (Wildman–Crippen LogP) is 23.5. The summed E-state index contributed by atoms with van der Waals surface area (Å²) in [6.07, 6.45) is 5.89. The van der Waals surface area contributed by atoms with Gasteiger partial charge in [0.25, 0.3) is 13.0 Å². The Bertz CT molecular complexity index is 6600. The zero-order valence-electron chi connectivity index (χ0n) is 60.4. The Kier molecular flexibility index (Phi) is 16.1. The van der Waals surface area contributed by atoms with Crippen molar-refractivity contribution in [3.05, 3.63) is 407 Å². The standard InChI is InChI=1S/C102H64BN7O.Pt/c1-8-30-68(31-9-1)72-58-73(69-32-10-2-11-33-69)61-76(60-72)85-48-26-49-86(77-62-74(70-34-12-3-13-35-70)59-75(63-77)71-36-14-4-15-37-71)100(85)106-67-105(88-51-22-23-52-89(88)106)81-44-24-46-83(64-81)111-84-47-25-45-82(65-84)110-94-66-95-99-101(96(94)87-50-29-57-104-102(87)110)109(80-42-20-7-21-43-80)93-56-28-54-91-98(93)103(99)97-90(107(91)78-38-16-5-17-39-78)53-27-55-92(97)108(95)79-40-18-6-19-41-79;/h1-63,66H;/q-2;. The molecule has 0 saturated carbocycles. The summed E-state index contributed by atoms with van der Waals surface area (Å²) in [4.78, 5) is 12.8. The Labute approximate surface area is 663 Å². The third kappa shape index (κ3) is 10.9. The molecule has 22 rings (SSSR count). The molecular weight excluding hydrogens is 1550 g/mol. The summed E-state index contributed by atoms with van der Waals surface area (Å²) in [6.45, 7) is -0.115. The Balaban J connectivity index is 0.00000792. The predicted molar refractivity (Wildman–Crippen MR) is 455 cm³/mol. The van der Waals surface area contributed by atoms with E-state index in [1.54, 1.807) is 0 Å². The van der Waals surface area contributed by atoms with Crippen LogP contribution in [-0.4, -0.2) is 20.8 Å². The van der Waals surface area contributed by atoms with Crippen molar-refractivity contribution in [1.82, 2.24) is 14.1 Å². The minimum Gasteiger partial charge on any atom is -0.510 e. The van der Waals surface area contributed by atoms with Crippen LogP contribution in [0, 0.1) is 18.5 Å².